The van der Waals surface area contributed by atoms with Crippen molar-refractivity contribution in [2.24, 2.45) is 0 Å². The first-order valence-corrected chi connectivity index (χ1v) is 13.4. The smallest absolute Gasteiger partial charge is 0.390 e. The van der Waals surface area contributed by atoms with Gasteiger partial charge in [-0.3, -0.25) is 23.9 Å². The van der Waals surface area contributed by atoms with Crippen LogP contribution in [0.25, 0.3) is 16.0 Å². The summed E-state index contributed by atoms with van der Waals surface area (Å²) in [5.41, 5.74) is -1.57. The predicted molar refractivity (Wildman–Crippen MR) is 155 cm³/mol. The second-order valence-electron chi connectivity index (χ2n) is 10.1. The van der Waals surface area contributed by atoms with Crippen LogP contribution in [0.2, 0.25) is 0 Å². The van der Waals surface area contributed by atoms with Gasteiger partial charge >= 0.3 is 5.72 Å². The summed E-state index contributed by atoms with van der Waals surface area (Å²) in [7, 11) is 1.58. The molecule has 3 aromatic carbocycles. The number of nitrogens with one attached hydrogen (secondary N) is 2. The van der Waals surface area contributed by atoms with E-state index >= 15 is 4.39 Å². The number of H-pyrrole nitrogens is 1. The Morgan fingerprint density at radius 1 is 1.09 bits per heavy atom. The summed E-state index contributed by atoms with van der Waals surface area (Å²) in [6.07, 6.45) is -4.46. The molecule has 0 radical (unpaired) electrons. The molecule has 1 saturated heterocycles. The van der Waals surface area contributed by atoms with Crippen LogP contribution in [0.1, 0.15) is 22.9 Å². The Hall–Kier alpha value is -5.09. The van der Waals surface area contributed by atoms with E-state index in [0.717, 1.165) is 27.6 Å². The molecular formula is C31H27FN6O5. The van der Waals surface area contributed by atoms with E-state index in [2.05, 4.69) is 25.1 Å². The van der Waals surface area contributed by atoms with Gasteiger partial charge in [0.05, 0.1) is 13.4 Å². The number of aliphatic hydroxyl groups is 2. The molecule has 4 N–H and O–H groups in total. The van der Waals surface area contributed by atoms with E-state index in [1.54, 1.807) is 7.11 Å². The minimum absolute atomic E-state index is 0.0373. The van der Waals surface area contributed by atoms with Gasteiger partial charge in [-0.05, 0) is 28.8 Å². The molecule has 4 atom stereocenters. The molecule has 12 heteroatoms. The summed E-state index contributed by atoms with van der Waals surface area (Å²) in [5, 5.41) is 23.6. The number of aromatic nitrogens is 4. The quantitative estimate of drug-likeness (QED) is 0.161. The van der Waals surface area contributed by atoms with E-state index in [0.29, 0.717) is 5.75 Å². The highest BCUT2D eigenvalue weighted by molar-refractivity contribution is 5.71. The van der Waals surface area contributed by atoms with Crippen molar-refractivity contribution in [3.8, 4) is 5.75 Å². The molecule has 218 valence electrons. The number of imidazole rings is 1. The average Bonchev–Trinajstić information content (AvgIpc) is 3.59. The number of fused-ring (bicyclic) bond motifs is 1. The molecule has 0 bridgehead atoms. The first kappa shape index (κ1) is 28.0. The van der Waals surface area contributed by atoms with Crippen LogP contribution in [0, 0.1) is 6.57 Å². The van der Waals surface area contributed by atoms with Gasteiger partial charge in [0.15, 0.2) is 36.3 Å². The lowest BCUT2D eigenvalue weighted by Crippen LogP contribution is -2.42. The molecule has 0 amide bonds. The molecule has 1 aliphatic rings. The molecule has 1 aliphatic heterocycles. The number of anilines is 1. The molecule has 0 unspecified atom stereocenters. The van der Waals surface area contributed by atoms with Crippen molar-refractivity contribution >= 4 is 17.1 Å². The highest BCUT2D eigenvalue weighted by atomic mass is 19.1. The molecular weight excluding hydrogens is 555 g/mol. The largest absolute Gasteiger partial charge is 0.497 e. The van der Waals surface area contributed by atoms with Gasteiger partial charge in [-0.2, -0.15) is 4.98 Å². The van der Waals surface area contributed by atoms with Crippen molar-refractivity contribution in [3.63, 3.8) is 0 Å². The Bertz CT molecular complexity index is 1800. The van der Waals surface area contributed by atoms with Gasteiger partial charge in [-0.15, -0.1) is 0 Å². The van der Waals surface area contributed by atoms with Gasteiger partial charge in [0.1, 0.15) is 11.3 Å². The summed E-state index contributed by atoms with van der Waals surface area (Å²) in [4.78, 5) is 27.9. The SMILES string of the molecule is [C-]#[N+][C@]1(CO)O[C@@H](n2cnc3c(=O)[nH]c(NC(c4ccccc4)(c4ccccc4)c4ccc(OC)cc4)nc32)[C@H](F)[C@@H]1O. The molecule has 0 spiro atoms. The standard InChI is InChI=1S/C31H27FN6O5/c1-33-30(17-39)25(40)23(32)28(43-30)38-18-34-24-26(38)35-29(36-27(24)41)37-31(19-9-5-3-6-10-19,20-11-7-4-8-12-20)21-13-15-22(42-2)16-14-21/h3-16,18,23,25,28,39-40H,17H2,2H3,(H2,35,36,37,41)/t23-,25+,28-,30-/m1/s1. The Morgan fingerprint density at radius 2 is 1.70 bits per heavy atom. The fraction of sp³-hybridized carbons (Fsp3) is 0.226. The lowest BCUT2D eigenvalue weighted by Gasteiger charge is -2.37. The summed E-state index contributed by atoms with van der Waals surface area (Å²) >= 11 is 0. The number of aromatic amines is 1. The van der Waals surface area contributed by atoms with Crippen molar-refractivity contribution in [1.82, 2.24) is 19.5 Å². The van der Waals surface area contributed by atoms with E-state index in [1.807, 2.05) is 84.9 Å². The van der Waals surface area contributed by atoms with Gasteiger partial charge in [0, 0.05) is 0 Å². The summed E-state index contributed by atoms with van der Waals surface area (Å²) < 4.78 is 27.4. The number of rotatable bonds is 8. The topological polar surface area (TPSA) is 139 Å². The fourth-order valence-electron chi connectivity index (χ4n) is 5.50. The van der Waals surface area contributed by atoms with Crippen LogP contribution in [0.4, 0.5) is 10.3 Å². The van der Waals surface area contributed by atoms with Gasteiger partial charge < -0.3 is 20.3 Å². The fourth-order valence-corrected chi connectivity index (χ4v) is 5.50. The number of hydrogen-bond donors (Lipinski definition) is 4. The maximum Gasteiger partial charge on any atom is 0.390 e. The number of nitrogens with zero attached hydrogens (tertiary/aromatic N) is 4. The molecule has 6 rings (SSSR count). The van der Waals surface area contributed by atoms with E-state index in [4.69, 9.17) is 16.0 Å². The number of halogens is 1. The lowest BCUT2D eigenvalue weighted by atomic mass is 9.77. The summed E-state index contributed by atoms with van der Waals surface area (Å²) in [6.45, 7) is 6.45. The van der Waals surface area contributed by atoms with Crippen molar-refractivity contribution < 1.29 is 24.1 Å². The number of hydrogen-bond acceptors (Lipinski definition) is 8. The Morgan fingerprint density at radius 3 is 2.23 bits per heavy atom. The highest BCUT2D eigenvalue weighted by Crippen LogP contribution is 2.42. The van der Waals surface area contributed by atoms with Crippen LogP contribution >= 0.6 is 0 Å². The van der Waals surface area contributed by atoms with Gasteiger partial charge in [-0.25, -0.2) is 15.9 Å². The number of alkyl halides is 1. The van der Waals surface area contributed by atoms with Crippen LogP contribution < -0.4 is 15.6 Å². The Balaban J connectivity index is 1.54. The summed E-state index contributed by atoms with van der Waals surface area (Å²) in [6, 6.07) is 26.7. The molecule has 0 aliphatic carbocycles. The predicted octanol–water partition coefficient (Wildman–Crippen LogP) is 3.37. The molecule has 11 nitrogen and oxygen atoms in total. The average molecular weight is 583 g/mol. The zero-order valence-corrected chi connectivity index (χ0v) is 22.9. The second kappa shape index (κ2) is 11.0. The zero-order valence-electron chi connectivity index (χ0n) is 22.9. The maximum absolute atomic E-state index is 15.3. The van der Waals surface area contributed by atoms with Crippen LogP contribution in [-0.4, -0.2) is 61.4 Å². The second-order valence-corrected chi connectivity index (χ2v) is 10.1. The van der Waals surface area contributed by atoms with Crippen molar-refractivity contribution in [3.05, 3.63) is 130 Å². The molecule has 5 aromatic rings. The highest BCUT2D eigenvalue weighted by Gasteiger charge is 2.62. The lowest BCUT2D eigenvalue weighted by molar-refractivity contribution is -0.0979. The van der Waals surface area contributed by atoms with E-state index in [-0.39, 0.29) is 17.1 Å². The van der Waals surface area contributed by atoms with Crippen molar-refractivity contribution in [2.45, 2.75) is 29.8 Å². The van der Waals surface area contributed by atoms with Crippen LogP contribution in [0.3, 0.4) is 0 Å². The minimum Gasteiger partial charge on any atom is -0.497 e. The van der Waals surface area contributed by atoms with E-state index < -0.39 is 41.9 Å². The number of methoxy groups -OCH3 is 1. The normalized spacial score (nSPS) is 21.9. The third-order valence-electron chi connectivity index (χ3n) is 7.73. The first-order chi connectivity index (χ1) is 20.9. The van der Waals surface area contributed by atoms with Gasteiger partial charge in [-0.1, -0.05) is 72.8 Å². The first-order valence-electron chi connectivity index (χ1n) is 13.4. The van der Waals surface area contributed by atoms with Gasteiger partial charge in [0.25, 0.3) is 5.56 Å². The van der Waals surface area contributed by atoms with Crippen molar-refractivity contribution in [2.75, 3.05) is 19.0 Å². The Kier molecular flexibility index (Phi) is 7.15. The van der Waals surface area contributed by atoms with Crippen molar-refractivity contribution in [1.29, 1.82) is 0 Å². The van der Waals surface area contributed by atoms with E-state index in [1.165, 1.54) is 0 Å². The molecule has 2 aromatic heterocycles. The number of ether oxygens (including phenoxy) is 2. The number of aliphatic hydroxyl groups excluding tert-OH is 2. The maximum atomic E-state index is 15.3. The van der Waals surface area contributed by atoms with Gasteiger partial charge in [0.2, 0.25) is 5.95 Å². The third-order valence-corrected chi connectivity index (χ3v) is 7.73. The van der Waals surface area contributed by atoms with E-state index in [9.17, 15) is 15.0 Å². The molecule has 3 heterocycles. The van der Waals surface area contributed by atoms with Crippen LogP contribution in [0.15, 0.2) is 96.1 Å². The molecule has 43 heavy (non-hydrogen) atoms. The number of benzene rings is 3. The zero-order chi connectivity index (χ0) is 30.2. The summed E-state index contributed by atoms with van der Waals surface area (Å²) in [5.74, 6) is 0.698. The van der Waals surface area contributed by atoms with Crippen LogP contribution in [0.5, 0.6) is 5.75 Å². The minimum atomic E-state index is -2.20. The van der Waals surface area contributed by atoms with Crippen LogP contribution in [-0.2, 0) is 10.3 Å². The Labute approximate surface area is 245 Å². The molecule has 0 saturated carbocycles. The third kappa shape index (κ3) is 4.51. The monoisotopic (exact) mass is 582 g/mol. The molecule has 1 fully saturated rings.